The number of phenols is 2. The number of carbonyl (C=O) groups excluding carboxylic acids is 1. The first kappa shape index (κ1) is 25.7. The molecule has 0 saturated heterocycles. The van der Waals surface area contributed by atoms with E-state index in [9.17, 15) is 15.0 Å². The van der Waals surface area contributed by atoms with Gasteiger partial charge in [0.05, 0.1) is 0 Å². The Bertz CT molecular complexity index is 1540. The molecular formula is C29H22N2O7S. The van der Waals surface area contributed by atoms with Crippen LogP contribution in [0.2, 0.25) is 0 Å². The van der Waals surface area contributed by atoms with Crippen molar-refractivity contribution in [3.05, 3.63) is 103 Å². The number of thioether (sulfide) groups is 1. The number of aromatic hydroxyl groups is 2. The predicted octanol–water partition coefficient (Wildman–Crippen LogP) is 6.22. The van der Waals surface area contributed by atoms with Gasteiger partial charge in [0.1, 0.15) is 35.4 Å². The van der Waals surface area contributed by atoms with Crippen LogP contribution in [-0.2, 0) is 11.4 Å². The van der Waals surface area contributed by atoms with Gasteiger partial charge in [-0.2, -0.15) is 0 Å². The molecule has 1 heterocycles. The molecule has 0 radical (unpaired) electrons. The smallest absolute Gasteiger partial charge is 0.321 e. The van der Waals surface area contributed by atoms with Crippen LogP contribution in [0.5, 0.6) is 34.5 Å². The van der Waals surface area contributed by atoms with Gasteiger partial charge in [0.15, 0.2) is 11.5 Å². The van der Waals surface area contributed by atoms with Crippen LogP contribution in [0.25, 0.3) is 11.5 Å². The zero-order chi connectivity index (χ0) is 27.0. The van der Waals surface area contributed by atoms with Crippen molar-refractivity contribution >= 4 is 17.7 Å². The van der Waals surface area contributed by atoms with Crippen LogP contribution in [0.15, 0.2) is 107 Å². The van der Waals surface area contributed by atoms with Crippen molar-refractivity contribution in [2.75, 3.05) is 5.75 Å². The zero-order valence-corrected chi connectivity index (χ0v) is 21.2. The summed E-state index contributed by atoms with van der Waals surface area (Å²) in [6.07, 6.45) is 0. The van der Waals surface area contributed by atoms with E-state index in [0.717, 1.165) is 23.1 Å². The summed E-state index contributed by atoms with van der Waals surface area (Å²) in [5, 5.41) is 27.0. The molecule has 2 N–H and O–H groups in total. The highest BCUT2D eigenvalue weighted by Crippen LogP contribution is 2.31. The molecule has 0 unspecified atom stereocenters. The van der Waals surface area contributed by atoms with E-state index in [-0.39, 0.29) is 28.4 Å². The Balaban J connectivity index is 1.08. The van der Waals surface area contributed by atoms with Crippen molar-refractivity contribution in [1.82, 2.24) is 10.2 Å². The Kier molecular flexibility index (Phi) is 7.94. The first-order valence-electron chi connectivity index (χ1n) is 11.8. The average molecular weight is 543 g/mol. The Morgan fingerprint density at radius 3 is 2.13 bits per heavy atom. The van der Waals surface area contributed by atoms with Crippen LogP contribution in [0.1, 0.15) is 5.56 Å². The fraction of sp³-hybridized carbons (Fsp3) is 0.0690. The van der Waals surface area contributed by atoms with E-state index in [1.165, 1.54) is 18.2 Å². The predicted molar refractivity (Wildman–Crippen MR) is 143 cm³/mol. The van der Waals surface area contributed by atoms with Crippen molar-refractivity contribution < 1.29 is 33.6 Å². The molecule has 0 atom stereocenters. The summed E-state index contributed by atoms with van der Waals surface area (Å²) in [6.45, 7) is 0.487. The lowest BCUT2D eigenvalue weighted by Gasteiger charge is -2.09. The van der Waals surface area contributed by atoms with Gasteiger partial charge in [-0.15, -0.1) is 10.2 Å². The Morgan fingerprint density at radius 1 is 0.769 bits per heavy atom. The number of hydrogen-bond acceptors (Lipinski definition) is 10. The number of carbonyl (C=O) groups is 1. The number of aromatic nitrogens is 2. The topological polar surface area (TPSA) is 124 Å². The van der Waals surface area contributed by atoms with Crippen LogP contribution >= 0.6 is 11.8 Å². The number of benzene rings is 4. The molecule has 1 aromatic heterocycles. The minimum atomic E-state index is -0.498. The number of phenolic OH excluding ortho intramolecular Hbond substituents is 2. The molecule has 9 nitrogen and oxygen atoms in total. The number of esters is 1. The quantitative estimate of drug-likeness (QED) is 0.0910. The monoisotopic (exact) mass is 542 g/mol. The van der Waals surface area contributed by atoms with Gasteiger partial charge < -0.3 is 28.8 Å². The van der Waals surface area contributed by atoms with Gasteiger partial charge in [-0.05, 0) is 72.3 Å². The third-order valence-electron chi connectivity index (χ3n) is 5.31. The molecule has 0 aliphatic heterocycles. The summed E-state index contributed by atoms with van der Waals surface area (Å²) < 4.78 is 22.5. The maximum absolute atomic E-state index is 12.3. The molecule has 0 aliphatic carbocycles. The second kappa shape index (κ2) is 12.1. The summed E-state index contributed by atoms with van der Waals surface area (Å²) in [4.78, 5) is 12.3. The largest absolute Gasteiger partial charge is 0.504 e. The maximum atomic E-state index is 12.3. The molecule has 10 heteroatoms. The number of hydrogen-bond donors (Lipinski definition) is 2. The normalized spacial score (nSPS) is 10.7. The molecule has 196 valence electrons. The fourth-order valence-electron chi connectivity index (χ4n) is 3.38. The van der Waals surface area contributed by atoms with Crippen LogP contribution in [0.4, 0.5) is 0 Å². The second-order valence-corrected chi connectivity index (χ2v) is 9.09. The van der Waals surface area contributed by atoms with Crippen molar-refractivity contribution in [3.63, 3.8) is 0 Å². The first-order valence-corrected chi connectivity index (χ1v) is 12.7. The Morgan fingerprint density at radius 2 is 1.44 bits per heavy atom. The van der Waals surface area contributed by atoms with Gasteiger partial charge in [-0.25, -0.2) is 0 Å². The molecule has 0 saturated carbocycles. The van der Waals surface area contributed by atoms with E-state index in [1.807, 2.05) is 54.6 Å². The molecule has 0 fully saturated rings. The van der Waals surface area contributed by atoms with Crippen molar-refractivity contribution in [1.29, 1.82) is 0 Å². The van der Waals surface area contributed by atoms with E-state index in [2.05, 4.69) is 10.2 Å². The molecule has 5 aromatic rings. The molecular weight excluding hydrogens is 520 g/mol. The van der Waals surface area contributed by atoms with E-state index in [4.69, 9.17) is 18.6 Å². The summed E-state index contributed by atoms with van der Waals surface area (Å²) in [7, 11) is 0. The van der Waals surface area contributed by atoms with E-state index in [1.54, 1.807) is 24.3 Å². The fourth-order valence-corrected chi connectivity index (χ4v) is 3.92. The lowest BCUT2D eigenvalue weighted by atomic mass is 10.2. The standard InChI is InChI=1S/C29H22N2O7S/c32-25-15-6-20(16-26(25)33)28-30-31-29(38-28)39-18-27(34)37-24-13-11-23(12-14-24)36-22-9-7-21(8-10-22)35-17-19-4-2-1-3-5-19/h1-16,32-33H,17-18H2. The molecule has 4 aromatic carbocycles. The average Bonchev–Trinajstić information content (AvgIpc) is 3.44. The lowest BCUT2D eigenvalue weighted by molar-refractivity contribution is -0.131. The van der Waals surface area contributed by atoms with Crippen LogP contribution in [-0.4, -0.2) is 32.1 Å². The zero-order valence-electron chi connectivity index (χ0n) is 20.4. The second-order valence-electron chi connectivity index (χ2n) is 8.16. The first-order chi connectivity index (χ1) is 19.0. The summed E-state index contributed by atoms with van der Waals surface area (Å²) in [5.41, 5.74) is 1.52. The van der Waals surface area contributed by atoms with Crippen LogP contribution in [0, 0.1) is 0 Å². The van der Waals surface area contributed by atoms with E-state index in [0.29, 0.717) is 29.4 Å². The van der Waals surface area contributed by atoms with Gasteiger partial charge in [0.25, 0.3) is 5.22 Å². The van der Waals surface area contributed by atoms with Crippen LogP contribution in [0.3, 0.4) is 0 Å². The van der Waals surface area contributed by atoms with Gasteiger partial charge in [-0.1, -0.05) is 42.1 Å². The summed E-state index contributed by atoms with van der Waals surface area (Å²) in [6, 6.07) is 28.1. The molecule has 39 heavy (non-hydrogen) atoms. The third-order valence-corrected chi connectivity index (χ3v) is 6.10. The Labute approximate surface area is 227 Å². The molecule has 0 spiro atoms. The van der Waals surface area contributed by atoms with Crippen molar-refractivity contribution in [2.45, 2.75) is 11.8 Å². The third kappa shape index (κ3) is 7.08. The highest BCUT2D eigenvalue weighted by Gasteiger charge is 2.14. The van der Waals surface area contributed by atoms with Crippen LogP contribution < -0.4 is 14.2 Å². The minimum Gasteiger partial charge on any atom is -0.504 e. The Hall–Kier alpha value is -4.96. The highest BCUT2D eigenvalue weighted by molar-refractivity contribution is 7.99. The van der Waals surface area contributed by atoms with E-state index < -0.39 is 5.97 Å². The molecule has 0 amide bonds. The molecule has 5 rings (SSSR count). The highest BCUT2D eigenvalue weighted by atomic mass is 32.2. The summed E-state index contributed by atoms with van der Waals surface area (Å²) in [5.74, 6) is 1.36. The minimum absolute atomic E-state index is 0.0561. The van der Waals surface area contributed by atoms with Crippen molar-refractivity contribution in [2.24, 2.45) is 0 Å². The molecule has 0 aliphatic rings. The van der Waals surface area contributed by atoms with Gasteiger partial charge in [0.2, 0.25) is 5.89 Å². The summed E-state index contributed by atoms with van der Waals surface area (Å²) >= 11 is 1.02. The maximum Gasteiger partial charge on any atom is 0.321 e. The number of rotatable bonds is 10. The van der Waals surface area contributed by atoms with Gasteiger partial charge >= 0.3 is 5.97 Å². The van der Waals surface area contributed by atoms with E-state index >= 15 is 0 Å². The van der Waals surface area contributed by atoms with Crippen molar-refractivity contribution in [3.8, 4) is 46.0 Å². The van der Waals surface area contributed by atoms with Gasteiger partial charge in [-0.3, -0.25) is 4.79 Å². The SMILES string of the molecule is O=C(CSc1nnc(-c2ccc(O)c(O)c2)o1)Oc1ccc(Oc2ccc(OCc3ccccc3)cc2)cc1. The lowest BCUT2D eigenvalue weighted by Crippen LogP contribution is -2.10. The number of ether oxygens (including phenoxy) is 3. The van der Waals surface area contributed by atoms with Gasteiger partial charge in [0, 0.05) is 5.56 Å². The number of nitrogens with zero attached hydrogens (tertiary/aromatic N) is 2. The molecule has 0 bridgehead atoms.